The minimum atomic E-state index is -0.912. The molecule has 0 saturated heterocycles. The van der Waals surface area contributed by atoms with Crippen molar-refractivity contribution >= 4 is 11.9 Å². The van der Waals surface area contributed by atoms with Gasteiger partial charge in [-0.1, -0.05) is 18.2 Å². The van der Waals surface area contributed by atoms with Crippen molar-refractivity contribution in [3.63, 3.8) is 0 Å². The van der Waals surface area contributed by atoms with Crippen LogP contribution in [0.25, 0.3) is 0 Å². The Morgan fingerprint density at radius 2 is 1.90 bits per heavy atom. The van der Waals surface area contributed by atoms with E-state index in [0.29, 0.717) is 5.75 Å². The van der Waals surface area contributed by atoms with Crippen molar-refractivity contribution in [2.75, 3.05) is 7.11 Å². The summed E-state index contributed by atoms with van der Waals surface area (Å²) in [6.07, 6.45) is 1.51. The van der Waals surface area contributed by atoms with Gasteiger partial charge < -0.3 is 15.2 Å². The van der Waals surface area contributed by atoms with Gasteiger partial charge in [0.1, 0.15) is 5.75 Å². The summed E-state index contributed by atoms with van der Waals surface area (Å²) in [6.45, 7) is 3.31. The minimum Gasteiger partial charge on any atom is -0.496 e. The van der Waals surface area contributed by atoms with E-state index in [2.05, 4.69) is 5.32 Å². The van der Waals surface area contributed by atoms with Crippen molar-refractivity contribution in [2.45, 2.75) is 38.1 Å². The van der Waals surface area contributed by atoms with Gasteiger partial charge in [-0.2, -0.15) is 0 Å². The Balaban J connectivity index is 2.17. The second-order valence-corrected chi connectivity index (χ2v) is 5.67. The summed E-state index contributed by atoms with van der Waals surface area (Å²) in [6, 6.07) is 7.07. The lowest BCUT2D eigenvalue weighted by Crippen LogP contribution is -2.44. The molecule has 2 unspecified atom stereocenters. The van der Waals surface area contributed by atoms with Gasteiger partial charge in [0.25, 0.3) is 0 Å². The van der Waals surface area contributed by atoms with Crippen molar-refractivity contribution in [1.82, 2.24) is 5.32 Å². The Morgan fingerprint density at radius 1 is 1.29 bits per heavy atom. The molecule has 5 nitrogen and oxygen atoms in total. The molecule has 0 heterocycles. The highest BCUT2D eigenvalue weighted by molar-refractivity contribution is 5.92. The lowest BCUT2D eigenvalue weighted by Gasteiger charge is -2.23. The van der Waals surface area contributed by atoms with Crippen LogP contribution in [0.5, 0.6) is 5.75 Å². The molecule has 0 bridgehead atoms. The first-order chi connectivity index (χ1) is 9.92. The topological polar surface area (TPSA) is 75.6 Å². The van der Waals surface area contributed by atoms with Crippen molar-refractivity contribution in [2.24, 2.45) is 5.92 Å². The zero-order valence-electron chi connectivity index (χ0n) is 12.6. The van der Waals surface area contributed by atoms with E-state index >= 15 is 0 Å². The molecule has 21 heavy (non-hydrogen) atoms. The maximum Gasteiger partial charge on any atom is 0.308 e. The molecule has 0 aliphatic heterocycles. The fourth-order valence-corrected chi connectivity index (χ4v) is 2.47. The predicted octanol–water partition coefficient (Wildman–Crippen LogP) is 1.95. The molecule has 1 aromatic carbocycles. The van der Waals surface area contributed by atoms with E-state index < -0.39 is 23.3 Å². The number of nitrogens with one attached hydrogen (secondary N) is 1. The van der Waals surface area contributed by atoms with E-state index in [1.807, 2.05) is 24.3 Å². The monoisotopic (exact) mass is 291 g/mol. The maximum absolute atomic E-state index is 12.6. The van der Waals surface area contributed by atoms with Crippen molar-refractivity contribution < 1.29 is 19.4 Å². The number of amides is 1. The number of carbonyl (C=O) groups excluding carboxylic acids is 1. The zero-order chi connectivity index (χ0) is 15.6. The van der Waals surface area contributed by atoms with E-state index in [0.717, 1.165) is 18.4 Å². The average molecular weight is 291 g/mol. The van der Waals surface area contributed by atoms with Gasteiger partial charge in [-0.05, 0) is 32.8 Å². The molecule has 5 heteroatoms. The van der Waals surface area contributed by atoms with Gasteiger partial charge in [-0.25, -0.2) is 0 Å². The summed E-state index contributed by atoms with van der Waals surface area (Å²) >= 11 is 0. The molecule has 1 fully saturated rings. The number of methoxy groups -OCH3 is 1. The molecule has 0 aromatic heterocycles. The number of para-hydroxylation sites is 1. The predicted molar refractivity (Wildman–Crippen MR) is 78.3 cm³/mol. The third-order valence-electron chi connectivity index (χ3n) is 4.31. The third-order valence-corrected chi connectivity index (χ3v) is 4.31. The molecule has 1 aromatic rings. The number of rotatable bonds is 6. The molecule has 114 valence electrons. The molecule has 1 aliphatic carbocycles. The van der Waals surface area contributed by atoms with Gasteiger partial charge in [0.15, 0.2) is 0 Å². The maximum atomic E-state index is 12.6. The van der Waals surface area contributed by atoms with E-state index in [-0.39, 0.29) is 5.91 Å². The zero-order valence-corrected chi connectivity index (χ0v) is 12.6. The standard InChI is InChI=1S/C16H21NO4/c1-10(14(18)19)11(2)17-15(20)16(8-9-16)12-6-4-5-7-13(12)21-3/h4-7,10-11H,8-9H2,1-3H3,(H,17,20)(H,18,19). The Kier molecular flexibility index (Phi) is 4.21. The second kappa shape index (κ2) is 5.76. The van der Waals surface area contributed by atoms with Crippen LogP contribution >= 0.6 is 0 Å². The molecule has 0 radical (unpaired) electrons. The largest absolute Gasteiger partial charge is 0.496 e. The highest BCUT2D eigenvalue weighted by Crippen LogP contribution is 2.51. The third kappa shape index (κ3) is 2.86. The van der Waals surface area contributed by atoms with Crippen LogP contribution in [-0.4, -0.2) is 30.1 Å². The summed E-state index contributed by atoms with van der Waals surface area (Å²) in [7, 11) is 1.59. The van der Waals surface area contributed by atoms with Crippen LogP contribution in [0.1, 0.15) is 32.3 Å². The second-order valence-electron chi connectivity index (χ2n) is 5.67. The Morgan fingerprint density at radius 3 is 2.43 bits per heavy atom. The van der Waals surface area contributed by atoms with E-state index in [1.54, 1.807) is 21.0 Å². The number of carboxylic acids is 1. The molecular formula is C16H21NO4. The lowest BCUT2D eigenvalue weighted by atomic mass is 9.93. The first-order valence-electron chi connectivity index (χ1n) is 7.09. The molecular weight excluding hydrogens is 270 g/mol. The lowest BCUT2D eigenvalue weighted by molar-refractivity contribution is -0.142. The van der Waals surface area contributed by atoms with E-state index in [9.17, 15) is 9.59 Å². The van der Waals surface area contributed by atoms with E-state index in [1.165, 1.54) is 0 Å². The van der Waals surface area contributed by atoms with Gasteiger partial charge in [-0.3, -0.25) is 9.59 Å². The van der Waals surface area contributed by atoms with Gasteiger partial charge in [0.05, 0.1) is 18.4 Å². The van der Waals surface area contributed by atoms with Crippen molar-refractivity contribution in [3.05, 3.63) is 29.8 Å². The summed E-state index contributed by atoms with van der Waals surface area (Å²) in [5.74, 6) is -0.955. The Labute approximate surface area is 124 Å². The number of hydrogen-bond acceptors (Lipinski definition) is 3. The molecule has 2 N–H and O–H groups in total. The summed E-state index contributed by atoms with van der Waals surface area (Å²) in [5.41, 5.74) is 0.305. The van der Waals surface area contributed by atoms with Crippen LogP contribution in [-0.2, 0) is 15.0 Å². The minimum absolute atomic E-state index is 0.118. The number of benzene rings is 1. The number of aliphatic carboxylic acids is 1. The van der Waals surface area contributed by atoms with Crippen molar-refractivity contribution in [3.8, 4) is 5.75 Å². The summed E-state index contributed by atoms with van der Waals surface area (Å²) < 4.78 is 5.34. The highest BCUT2D eigenvalue weighted by atomic mass is 16.5. The Hall–Kier alpha value is -2.04. The smallest absolute Gasteiger partial charge is 0.308 e. The van der Waals surface area contributed by atoms with Gasteiger partial charge >= 0.3 is 5.97 Å². The summed E-state index contributed by atoms with van der Waals surface area (Å²) in [5, 5.41) is 11.8. The van der Waals surface area contributed by atoms with Crippen LogP contribution in [0.4, 0.5) is 0 Å². The first-order valence-corrected chi connectivity index (χ1v) is 7.09. The van der Waals surface area contributed by atoms with Crippen LogP contribution < -0.4 is 10.1 Å². The van der Waals surface area contributed by atoms with Crippen LogP contribution in [0, 0.1) is 5.92 Å². The fraction of sp³-hybridized carbons (Fsp3) is 0.500. The molecule has 1 aliphatic rings. The van der Waals surface area contributed by atoms with Gasteiger partial charge in [-0.15, -0.1) is 0 Å². The SMILES string of the molecule is COc1ccccc1C1(C(=O)NC(C)C(C)C(=O)O)CC1. The number of ether oxygens (including phenoxy) is 1. The normalized spacial score (nSPS) is 18.4. The quantitative estimate of drug-likeness (QED) is 0.840. The van der Waals surface area contributed by atoms with Gasteiger partial charge in [0, 0.05) is 11.6 Å². The van der Waals surface area contributed by atoms with Crippen LogP contribution in [0.15, 0.2) is 24.3 Å². The molecule has 1 amide bonds. The average Bonchev–Trinajstić information content (AvgIpc) is 3.27. The molecule has 0 spiro atoms. The number of carbonyl (C=O) groups is 2. The fourth-order valence-electron chi connectivity index (χ4n) is 2.47. The number of hydrogen-bond donors (Lipinski definition) is 2. The highest BCUT2D eigenvalue weighted by Gasteiger charge is 2.53. The molecule has 1 saturated carbocycles. The number of carboxylic acid groups (broad SMARTS) is 1. The molecule has 2 atom stereocenters. The Bertz CT molecular complexity index is 551. The first kappa shape index (κ1) is 15.4. The van der Waals surface area contributed by atoms with E-state index in [4.69, 9.17) is 9.84 Å². The summed E-state index contributed by atoms with van der Waals surface area (Å²) in [4.78, 5) is 23.6. The van der Waals surface area contributed by atoms with Crippen LogP contribution in [0.3, 0.4) is 0 Å². The molecule has 2 rings (SSSR count). The van der Waals surface area contributed by atoms with Gasteiger partial charge in [0.2, 0.25) is 5.91 Å². The van der Waals surface area contributed by atoms with Crippen LogP contribution in [0.2, 0.25) is 0 Å². The van der Waals surface area contributed by atoms with Crippen molar-refractivity contribution in [1.29, 1.82) is 0 Å².